The van der Waals surface area contributed by atoms with Crippen LogP contribution < -0.4 is 5.73 Å². The van der Waals surface area contributed by atoms with Crippen LogP contribution in [-0.4, -0.2) is 48.6 Å². The van der Waals surface area contributed by atoms with Crippen LogP contribution in [0.2, 0.25) is 0 Å². The third-order valence-corrected chi connectivity index (χ3v) is 5.47. The third-order valence-electron chi connectivity index (χ3n) is 4.74. The molecule has 0 radical (unpaired) electrons. The van der Waals surface area contributed by atoms with Crippen LogP contribution in [0.5, 0.6) is 0 Å². The lowest BCUT2D eigenvalue weighted by molar-refractivity contribution is 0.0993. The molecule has 114 valence electrons. The van der Waals surface area contributed by atoms with Crippen molar-refractivity contribution in [1.29, 1.82) is 0 Å². The molecule has 1 aliphatic rings. The van der Waals surface area contributed by atoms with Crippen LogP contribution in [-0.2, 0) is 6.54 Å². The van der Waals surface area contributed by atoms with E-state index >= 15 is 0 Å². The molecule has 2 heterocycles. The zero-order valence-electron chi connectivity index (χ0n) is 13.0. The van der Waals surface area contributed by atoms with Crippen molar-refractivity contribution in [2.75, 3.05) is 33.2 Å². The van der Waals surface area contributed by atoms with Gasteiger partial charge < -0.3 is 10.6 Å². The van der Waals surface area contributed by atoms with Crippen LogP contribution in [0, 0.1) is 0 Å². The molecular formula is C16H29N3S. The van der Waals surface area contributed by atoms with Crippen molar-refractivity contribution < 1.29 is 0 Å². The maximum atomic E-state index is 6.20. The Morgan fingerprint density at radius 2 is 2.25 bits per heavy atom. The van der Waals surface area contributed by atoms with Crippen LogP contribution in [0.3, 0.4) is 0 Å². The lowest BCUT2D eigenvalue weighted by Crippen LogP contribution is -2.52. The Labute approximate surface area is 127 Å². The van der Waals surface area contributed by atoms with Gasteiger partial charge in [0, 0.05) is 18.6 Å². The van der Waals surface area contributed by atoms with Crippen molar-refractivity contribution in [3.8, 4) is 0 Å². The average Bonchev–Trinajstić information content (AvgIpc) is 2.86. The summed E-state index contributed by atoms with van der Waals surface area (Å²) in [6.45, 7) is 7.72. The molecule has 0 spiro atoms. The normalized spacial score (nSPS) is 25.0. The topological polar surface area (TPSA) is 32.5 Å². The first-order valence-corrected chi connectivity index (χ1v) is 8.79. The van der Waals surface area contributed by atoms with E-state index in [9.17, 15) is 0 Å². The fourth-order valence-electron chi connectivity index (χ4n) is 3.34. The fourth-order valence-corrected chi connectivity index (χ4v) is 4.00. The van der Waals surface area contributed by atoms with E-state index in [0.717, 1.165) is 13.1 Å². The van der Waals surface area contributed by atoms with Gasteiger partial charge in [0.2, 0.25) is 0 Å². The molecule has 1 aromatic rings. The minimum Gasteiger partial charge on any atom is -0.329 e. The quantitative estimate of drug-likeness (QED) is 0.876. The van der Waals surface area contributed by atoms with E-state index in [1.807, 2.05) is 0 Å². The standard InChI is InChI=1S/C16H29N3S/c1-3-8-19-9-4-6-16(14-17,7-10-19)18(2)12-15-5-11-20-13-15/h5,11,13H,3-4,6-10,12,14,17H2,1-2H3. The predicted octanol–water partition coefficient (Wildman–Crippen LogP) is 2.77. The number of hydrogen-bond acceptors (Lipinski definition) is 4. The summed E-state index contributed by atoms with van der Waals surface area (Å²) < 4.78 is 0. The highest BCUT2D eigenvalue weighted by Crippen LogP contribution is 2.29. The average molecular weight is 295 g/mol. The maximum Gasteiger partial charge on any atom is 0.0344 e. The molecule has 3 nitrogen and oxygen atoms in total. The first-order chi connectivity index (χ1) is 9.70. The molecule has 20 heavy (non-hydrogen) atoms. The van der Waals surface area contributed by atoms with E-state index in [1.165, 1.54) is 50.9 Å². The summed E-state index contributed by atoms with van der Waals surface area (Å²) in [4.78, 5) is 5.11. The molecule has 0 aromatic carbocycles. The summed E-state index contributed by atoms with van der Waals surface area (Å²) >= 11 is 1.78. The molecular weight excluding hydrogens is 266 g/mol. The second-order valence-corrected chi connectivity index (χ2v) is 6.89. The summed E-state index contributed by atoms with van der Waals surface area (Å²) in [5, 5.41) is 4.41. The second-order valence-electron chi connectivity index (χ2n) is 6.11. The van der Waals surface area contributed by atoms with Crippen LogP contribution in [0.1, 0.15) is 38.2 Å². The predicted molar refractivity (Wildman–Crippen MR) is 88.2 cm³/mol. The highest BCUT2D eigenvalue weighted by Gasteiger charge is 2.35. The summed E-state index contributed by atoms with van der Waals surface area (Å²) in [6, 6.07) is 2.23. The summed E-state index contributed by atoms with van der Waals surface area (Å²) in [5.74, 6) is 0. The van der Waals surface area contributed by atoms with Crippen LogP contribution in [0.4, 0.5) is 0 Å². The Bertz CT molecular complexity index is 379. The number of thiophene rings is 1. The van der Waals surface area contributed by atoms with Crippen LogP contribution in [0.15, 0.2) is 16.8 Å². The van der Waals surface area contributed by atoms with Gasteiger partial charge in [-0.1, -0.05) is 6.92 Å². The van der Waals surface area contributed by atoms with Crippen molar-refractivity contribution in [3.05, 3.63) is 22.4 Å². The Hall–Kier alpha value is -0.420. The van der Waals surface area contributed by atoms with Gasteiger partial charge in [-0.15, -0.1) is 0 Å². The van der Waals surface area contributed by atoms with Gasteiger partial charge in [0.15, 0.2) is 0 Å². The zero-order valence-corrected chi connectivity index (χ0v) is 13.8. The number of hydrogen-bond donors (Lipinski definition) is 1. The number of nitrogens with two attached hydrogens (primary N) is 1. The van der Waals surface area contributed by atoms with Gasteiger partial charge in [0.25, 0.3) is 0 Å². The molecule has 2 rings (SSSR count). The third kappa shape index (κ3) is 3.82. The molecule has 2 N–H and O–H groups in total. The molecule has 1 saturated heterocycles. The van der Waals surface area contributed by atoms with Gasteiger partial charge in [-0.05, 0) is 74.8 Å². The van der Waals surface area contributed by atoms with Gasteiger partial charge in [0.05, 0.1) is 0 Å². The van der Waals surface area contributed by atoms with Crippen molar-refractivity contribution in [2.45, 2.75) is 44.7 Å². The molecule has 1 unspecified atom stereocenters. The van der Waals surface area contributed by atoms with Crippen molar-refractivity contribution >= 4 is 11.3 Å². The van der Waals surface area contributed by atoms with Crippen molar-refractivity contribution in [3.63, 3.8) is 0 Å². The van der Waals surface area contributed by atoms with E-state index in [1.54, 1.807) is 11.3 Å². The van der Waals surface area contributed by atoms with Crippen molar-refractivity contribution in [2.24, 2.45) is 5.73 Å². The summed E-state index contributed by atoms with van der Waals surface area (Å²) in [5.41, 5.74) is 7.80. The van der Waals surface area contributed by atoms with Crippen LogP contribution in [0.25, 0.3) is 0 Å². The molecule has 1 atom stereocenters. The maximum absolute atomic E-state index is 6.20. The number of rotatable bonds is 6. The number of nitrogens with zero attached hydrogens (tertiary/aromatic N) is 2. The molecule has 0 bridgehead atoms. The molecule has 0 amide bonds. The fraction of sp³-hybridized carbons (Fsp3) is 0.750. The van der Waals surface area contributed by atoms with Gasteiger partial charge >= 0.3 is 0 Å². The van der Waals surface area contributed by atoms with Crippen LogP contribution >= 0.6 is 11.3 Å². The highest BCUT2D eigenvalue weighted by atomic mass is 32.1. The molecule has 0 aliphatic carbocycles. The SMILES string of the molecule is CCCN1CCCC(CN)(N(C)Cc2ccsc2)CC1. The number of likely N-dealkylation sites (N-methyl/N-ethyl adjacent to an activating group) is 1. The van der Waals surface area contributed by atoms with E-state index in [-0.39, 0.29) is 5.54 Å². The van der Waals surface area contributed by atoms with Gasteiger partial charge in [-0.25, -0.2) is 0 Å². The van der Waals surface area contributed by atoms with Gasteiger partial charge in [0.1, 0.15) is 0 Å². The zero-order chi connectivity index (χ0) is 14.4. The van der Waals surface area contributed by atoms with E-state index in [0.29, 0.717) is 0 Å². The monoisotopic (exact) mass is 295 g/mol. The lowest BCUT2D eigenvalue weighted by Gasteiger charge is -2.41. The molecule has 1 aromatic heterocycles. The lowest BCUT2D eigenvalue weighted by atomic mass is 9.88. The van der Waals surface area contributed by atoms with Crippen molar-refractivity contribution in [1.82, 2.24) is 9.80 Å². The minimum atomic E-state index is 0.185. The second kappa shape index (κ2) is 7.55. The Morgan fingerprint density at radius 3 is 2.90 bits per heavy atom. The Morgan fingerprint density at radius 1 is 1.40 bits per heavy atom. The van der Waals surface area contributed by atoms with E-state index in [2.05, 4.69) is 40.6 Å². The number of likely N-dealkylation sites (tertiary alicyclic amines) is 1. The smallest absolute Gasteiger partial charge is 0.0344 e. The van der Waals surface area contributed by atoms with Gasteiger partial charge in [-0.3, -0.25) is 4.90 Å². The largest absolute Gasteiger partial charge is 0.329 e. The van der Waals surface area contributed by atoms with Gasteiger partial charge in [-0.2, -0.15) is 11.3 Å². The molecule has 4 heteroatoms. The molecule has 0 saturated carbocycles. The minimum absolute atomic E-state index is 0.185. The molecule has 1 aliphatic heterocycles. The first kappa shape index (κ1) is 16.0. The first-order valence-electron chi connectivity index (χ1n) is 7.85. The molecule has 1 fully saturated rings. The Balaban J connectivity index is 2.00. The highest BCUT2D eigenvalue weighted by molar-refractivity contribution is 7.07. The van der Waals surface area contributed by atoms with E-state index in [4.69, 9.17) is 5.73 Å². The summed E-state index contributed by atoms with van der Waals surface area (Å²) in [7, 11) is 2.25. The summed E-state index contributed by atoms with van der Waals surface area (Å²) in [6.07, 6.45) is 4.94. The Kier molecular flexibility index (Phi) is 6.02. The van der Waals surface area contributed by atoms with E-state index < -0.39 is 0 Å².